The molecule has 0 aliphatic rings. The number of aryl methyl sites for hydroxylation is 2. The van der Waals surface area contributed by atoms with Gasteiger partial charge in [-0.15, -0.1) is 0 Å². The predicted octanol–water partition coefficient (Wildman–Crippen LogP) is 3.83. The second-order valence-corrected chi connectivity index (χ2v) is 6.39. The van der Waals surface area contributed by atoms with E-state index in [9.17, 15) is 4.79 Å². The number of nitrogens with one attached hydrogen (secondary N) is 3. The van der Waals surface area contributed by atoms with E-state index in [1.165, 1.54) is 11.9 Å². The van der Waals surface area contributed by atoms with E-state index < -0.39 is 5.91 Å². The first-order valence-corrected chi connectivity index (χ1v) is 8.59. The van der Waals surface area contributed by atoms with Crippen LogP contribution in [0.2, 0.25) is 5.02 Å². The Morgan fingerprint density at radius 2 is 1.81 bits per heavy atom. The molecule has 8 heteroatoms. The molecule has 5 N–H and O–H groups in total. The van der Waals surface area contributed by atoms with Crippen molar-refractivity contribution in [2.45, 2.75) is 13.8 Å². The summed E-state index contributed by atoms with van der Waals surface area (Å²) in [5.74, 6) is 0.312. The number of anilines is 4. The average molecular weight is 383 g/mol. The number of nitrogens with zero attached hydrogens (tertiary/aromatic N) is 2. The molecule has 3 aromatic rings. The maximum Gasteiger partial charge on any atom is 0.271 e. The highest BCUT2D eigenvalue weighted by molar-refractivity contribution is 6.33. The minimum absolute atomic E-state index is 0.275. The van der Waals surface area contributed by atoms with E-state index >= 15 is 0 Å². The van der Waals surface area contributed by atoms with E-state index in [0.29, 0.717) is 16.4 Å². The van der Waals surface area contributed by atoms with Crippen LogP contribution in [0.15, 0.2) is 48.8 Å². The minimum Gasteiger partial charge on any atom is -0.393 e. The molecule has 0 fully saturated rings. The summed E-state index contributed by atoms with van der Waals surface area (Å²) in [6, 6.07) is 12.7. The second-order valence-electron chi connectivity index (χ2n) is 5.99. The van der Waals surface area contributed by atoms with Gasteiger partial charge < -0.3 is 11.1 Å². The number of amides is 1. The fraction of sp³-hybridized carbons (Fsp3) is 0.105. The van der Waals surface area contributed by atoms with Gasteiger partial charge in [-0.2, -0.15) is 0 Å². The number of hydrogen-bond acceptors (Lipinski definition) is 6. The Balaban J connectivity index is 1.75. The summed E-state index contributed by atoms with van der Waals surface area (Å²) in [4.78, 5) is 20.5. The van der Waals surface area contributed by atoms with Crippen molar-refractivity contribution in [3.05, 3.63) is 70.5 Å². The highest BCUT2D eigenvalue weighted by Gasteiger charge is 2.12. The normalized spacial score (nSPS) is 10.3. The smallest absolute Gasteiger partial charge is 0.271 e. The number of rotatable bonds is 5. The summed E-state index contributed by atoms with van der Waals surface area (Å²) >= 11 is 6.02. The molecule has 138 valence electrons. The van der Waals surface area contributed by atoms with E-state index in [-0.39, 0.29) is 11.5 Å². The summed E-state index contributed by atoms with van der Waals surface area (Å²) in [6.45, 7) is 4.02. The molecule has 0 atom stereocenters. The molecule has 0 spiro atoms. The van der Waals surface area contributed by atoms with Crippen LogP contribution < -0.4 is 21.9 Å². The molecule has 1 aromatic heterocycles. The molecule has 27 heavy (non-hydrogen) atoms. The van der Waals surface area contributed by atoms with Gasteiger partial charge in [0.05, 0.1) is 10.6 Å². The lowest BCUT2D eigenvalue weighted by molar-refractivity contribution is 0.0962. The number of carbonyl (C=O) groups excluding carboxylic acids is 1. The molecule has 0 aliphatic heterocycles. The summed E-state index contributed by atoms with van der Waals surface area (Å²) in [5, 5.41) is 3.54. The number of nitrogen functional groups attached to an aromatic ring is 1. The molecule has 0 saturated heterocycles. The summed E-state index contributed by atoms with van der Waals surface area (Å²) in [6.07, 6.45) is 1.35. The van der Waals surface area contributed by atoms with Crippen LogP contribution in [0.25, 0.3) is 0 Å². The Bertz CT molecular complexity index is 992. The van der Waals surface area contributed by atoms with E-state index in [1.807, 2.05) is 26.0 Å². The van der Waals surface area contributed by atoms with Gasteiger partial charge in [0, 0.05) is 5.69 Å². The number of hydrazine groups is 1. The van der Waals surface area contributed by atoms with Crippen molar-refractivity contribution < 1.29 is 4.79 Å². The largest absolute Gasteiger partial charge is 0.393 e. The zero-order valence-electron chi connectivity index (χ0n) is 14.9. The first-order valence-electron chi connectivity index (χ1n) is 8.21. The fourth-order valence-corrected chi connectivity index (χ4v) is 2.73. The van der Waals surface area contributed by atoms with Gasteiger partial charge in [-0.1, -0.05) is 41.4 Å². The van der Waals surface area contributed by atoms with Gasteiger partial charge in [-0.25, -0.2) is 9.97 Å². The standard InChI is InChI=1S/C19H19ClN6O/c1-11-7-8-15(12(2)9-11)24-17-16(21)18(23-10-22-17)25-26-19(27)13-5-3-4-6-14(13)20/h3-10H,21H2,1-2H3,(H,26,27)(H2,22,23,24,25). The van der Waals surface area contributed by atoms with Crippen LogP contribution in [0.1, 0.15) is 21.5 Å². The molecule has 3 rings (SSSR count). The van der Waals surface area contributed by atoms with Crippen LogP contribution in [0.5, 0.6) is 0 Å². The number of aromatic nitrogens is 2. The minimum atomic E-state index is -0.400. The Hall–Kier alpha value is -3.32. The molecule has 1 heterocycles. The molecule has 0 bridgehead atoms. The third-order valence-electron chi connectivity index (χ3n) is 3.93. The van der Waals surface area contributed by atoms with Gasteiger partial charge in [0.25, 0.3) is 5.91 Å². The van der Waals surface area contributed by atoms with Crippen molar-refractivity contribution in [2.24, 2.45) is 0 Å². The first-order chi connectivity index (χ1) is 13.0. The predicted molar refractivity (Wildman–Crippen MR) is 108 cm³/mol. The van der Waals surface area contributed by atoms with E-state index in [1.54, 1.807) is 24.3 Å². The van der Waals surface area contributed by atoms with Gasteiger partial charge >= 0.3 is 0 Å². The number of carbonyl (C=O) groups is 1. The highest BCUT2D eigenvalue weighted by atomic mass is 35.5. The lowest BCUT2D eigenvalue weighted by Crippen LogP contribution is -2.30. The van der Waals surface area contributed by atoms with Crippen molar-refractivity contribution in [2.75, 3.05) is 16.5 Å². The second kappa shape index (κ2) is 7.92. The van der Waals surface area contributed by atoms with E-state index in [0.717, 1.165) is 11.3 Å². The Morgan fingerprint density at radius 3 is 2.56 bits per heavy atom. The number of benzene rings is 2. The van der Waals surface area contributed by atoms with Gasteiger partial charge in [-0.05, 0) is 37.6 Å². The molecular weight excluding hydrogens is 364 g/mol. The van der Waals surface area contributed by atoms with Crippen LogP contribution >= 0.6 is 11.6 Å². The number of nitrogens with two attached hydrogens (primary N) is 1. The Labute approximate surface area is 162 Å². The van der Waals surface area contributed by atoms with Crippen LogP contribution in [0, 0.1) is 13.8 Å². The van der Waals surface area contributed by atoms with Gasteiger partial charge in [0.1, 0.15) is 12.0 Å². The molecule has 0 saturated carbocycles. The molecule has 1 amide bonds. The summed E-state index contributed by atoms with van der Waals surface area (Å²) < 4.78 is 0. The topological polar surface area (TPSA) is 105 Å². The third-order valence-corrected chi connectivity index (χ3v) is 4.26. The zero-order valence-corrected chi connectivity index (χ0v) is 15.6. The average Bonchev–Trinajstić information content (AvgIpc) is 2.64. The van der Waals surface area contributed by atoms with Crippen molar-refractivity contribution in [3.63, 3.8) is 0 Å². The summed E-state index contributed by atoms with van der Waals surface area (Å²) in [7, 11) is 0. The molecule has 0 radical (unpaired) electrons. The van der Waals surface area contributed by atoms with Crippen LogP contribution in [0.4, 0.5) is 23.0 Å². The van der Waals surface area contributed by atoms with E-state index in [4.69, 9.17) is 17.3 Å². The zero-order chi connectivity index (χ0) is 19.4. The van der Waals surface area contributed by atoms with Crippen LogP contribution in [0.3, 0.4) is 0 Å². The van der Waals surface area contributed by atoms with Gasteiger partial charge in [0.15, 0.2) is 11.6 Å². The van der Waals surface area contributed by atoms with Crippen molar-refractivity contribution in [1.82, 2.24) is 15.4 Å². The van der Waals surface area contributed by atoms with Crippen LogP contribution in [-0.2, 0) is 0 Å². The highest BCUT2D eigenvalue weighted by Crippen LogP contribution is 2.27. The Kier molecular flexibility index (Phi) is 5.42. The lowest BCUT2D eigenvalue weighted by Gasteiger charge is -2.14. The number of hydrogen-bond donors (Lipinski definition) is 4. The fourth-order valence-electron chi connectivity index (χ4n) is 2.50. The van der Waals surface area contributed by atoms with Crippen molar-refractivity contribution >= 4 is 40.5 Å². The number of halogens is 1. The van der Waals surface area contributed by atoms with Gasteiger partial charge in [0.2, 0.25) is 0 Å². The van der Waals surface area contributed by atoms with E-state index in [2.05, 4.69) is 32.2 Å². The van der Waals surface area contributed by atoms with Crippen LogP contribution in [-0.4, -0.2) is 15.9 Å². The molecule has 2 aromatic carbocycles. The quantitative estimate of drug-likeness (QED) is 0.500. The molecule has 0 unspecified atom stereocenters. The monoisotopic (exact) mass is 382 g/mol. The molecule has 0 aliphatic carbocycles. The molecular formula is C19H19ClN6O. The third kappa shape index (κ3) is 4.27. The maximum absolute atomic E-state index is 12.2. The van der Waals surface area contributed by atoms with Crippen molar-refractivity contribution in [3.8, 4) is 0 Å². The Morgan fingerprint density at radius 1 is 1.07 bits per heavy atom. The SMILES string of the molecule is Cc1ccc(Nc2ncnc(NNC(=O)c3ccccc3Cl)c2N)c(C)c1. The first kappa shape index (κ1) is 18.5. The van der Waals surface area contributed by atoms with Gasteiger partial charge in [-0.3, -0.25) is 15.6 Å². The maximum atomic E-state index is 12.2. The van der Waals surface area contributed by atoms with Crippen molar-refractivity contribution in [1.29, 1.82) is 0 Å². The lowest BCUT2D eigenvalue weighted by atomic mass is 10.1. The molecule has 7 nitrogen and oxygen atoms in total. The summed E-state index contributed by atoms with van der Waals surface area (Å²) in [5.41, 5.74) is 15.1.